The third kappa shape index (κ3) is 16.8. The minimum atomic E-state index is -1.92. The molecule has 0 aromatic rings. The summed E-state index contributed by atoms with van der Waals surface area (Å²) in [6.45, 7) is 25.3. The molecule has 228 valence electrons. The molecule has 0 bridgehead atoms. The number of carbonyl (C=O) groups excluding carboxylic acids is 1. The molecular weight excluding hydrogens is 517 g/mol. The summed E-state index contributed by atoms with van der Waals surface area (Å²) >= 11 is 0. The third-order valence-electron chi connectivity index (χ3n) is 8.39. The second kappa shape index (κ2) is 18.5. The van der Waals surface area contributed by atoms with Crippen LogP contribution in [0.25, 0.3) is 0 Å². The van der Waals surface area contributed by atoms with Crippen LogP contribution in [0.3, 0.4) is 0 Å². The van der Waals surface area contributed by atoms with Crippen LogP contribution in [-0.2, 0) is 18.4 Å². The summed E-state index contributed by atoms with van der Waals surface area (Å²) in [6, 6.07) is 0. The van der Waals surface area contributed by atoms with Gasteiger partial charge in [-0.25, -0.2) is 0 Å². The van der Waals surface area contributed by atoms with Gasteiger partial charge in [0.2, 0.25) is 0 Å². The van der Waals surface area contributed by atoms with E-state index in [0.717, 1.165) is 32.1 Å². The zero-order chi connectivity index (χ0) is 30.2. The van der Waals surface area contributed by atoms with Gasteiger partial charge in [-0.3, -0.25) is 4.79 Å². The van der Waals surface area contributed by atoms with E-state index in [1.807, 2.05) is 0 Å². The highest BCUT2D eigenvalue weighted by Gasteiger charge is 2.39. The molecule has 0 aliphatic carbocycles. The Labute approximate surface area is 245 Å². The minimum Gasteiger partial charge on any atom is -0.469 e. The second-order valence-corrected chi connectivity index (χ2v) is 23.5. The maximum Gasteiger partial charge on any atom is 0.305 e. The number of ether oxygens (including phenoxy) is 1. The Morgan fingerprint density at radius 3 is 1.95 bits per heavy atom. The Morgan fingerprint density at radius 1 is 0.769 bits per heavy atom. The number of methoxy groups -OCH3 is 1. The monoisotopic (exact) mass is 580 g/mol. The fraction of sp³-hybridized carbons (Fsp3) is 0.788. The van der Waals surface area contributed by atoms with Crippen molar-refractivity contribution in [2.75, 3.05) is 7.11 Å². The van der Waals surface area contributed by atoms with E-state index >= 15 is 0 Å². The summed E-state index contributed by atoms with van der Waals surface area (Å²) in [4.78, 5) is 11.6. The van der Waals surface area contributed by atoms with Gasteiger partial charge in [0.05, 0.1) is 13.2 Å². The van der Waals surface area contributed by atoms with Gasteiger partial charge in [0.15, 0.2) is 16.6 Å². The molecule has 0 saturated heterocycles. The highest BCUT2D eigenvalue weighted by molar-refractivity contribution is 6.74. The summed E-state index contributed by atoms with van der Waals surface area (Å²) < 4.78 is 18.3. The number of unbranched alkanes of at least 4 members (excludes halogenated alkanes) is 3. The molecular formula is C33H64O4Si2. The number of rotatable bonds is 19. The van der Waals surface area contributed by atoms with Gasteiger partial charge in [0.1, 0.15) is 0 Å². The smallest absolute Gasteiger partial charge is 0.305 e. The molecule has 0 radical (unpaired) electrons. The lowest BCUT2D eigenvalue weighted by atomic mass is 10.1. The van der Waals surface area contributed by atoms with E-state index in [-0.39, 0.29) is 28.3 Å². The van der Waals surface area contributed by atoms with E-state index in [4.69, 9.17) is 13.6 Å². The molecule has 0 heterocycles. The van der Waals surface area contributed by atoms with Gasteiger partial charge in [-0.15, -0.1) is 0 Å². The van der Waals surface area contributed by atoms with Crippen molar-refractivity contribution in [1.29, 1.82) is 0 Å². The largest absolute Gasteiger partial charge is 0.469 e. The van der Waals surface area contributed by atoms with Crippen molar-refractivity contribution in [3.8, 4) is 0 Å². The molecule has 0 spiro atoms. The molecule has 39 heavy (non-hydrogen) atoms. The summed E-state index contributed by atoms with van der Waals surface area (Å²) in [7, 11) is -2.29. The van der Waals surface area contributed by atoms with Crippen molar-refractivity contribution in [3.63, 3.8) is 0 Å². The molecule has 0 N–H and O–H groups in total. The lowest BCUT2D eigenvalue weighted by molar-refractivity contribution is -0.140. The molecule has 0 amide bonds. The Kier molecular flexibility index (Phi) is 18.0. The first-order valence-corrected chi connectivity index (χ1v) is 21.2. The van der Waals surface area contributed by atoms with Gasteiger partial charge in [0, 0.05) is 12.5 Å². The summed E-state index contributed by atoms with van der Waals surface area (Å²) in [5, 5.41) is 0.350. The van der Waals surface area contributed by atoms with Crippen LogP contribution >= 0.6 is 0 Å². The maximum atomic E-state index is 11.6. The van der Waals surface area contributed by atoms with Crippen LogP contribution in [0.5, 0.6) is 0 Å². The molecule has 0 unspecified atom stereocenters. The van der Waals surface area contributed by atoms with Crippen LogP contribution < -0.4 is 0 Å². The molecule has 0 aromatic carbocycles. The van der Waals surface area contributed by atoms with Crippen molar-refractivity contribution in [2.24, 2.45) is 0 Å². The lowest BCUT2D eigenvalue weighted by Gasteiger charge is -2.39. The molecule has 0 aliphatic heterocycles. The lowest BCUT2D eigenvalue weighted by Crippen LogP contribution is -2.43. The van der Waals surface area contributed by atoms with Gasteiger partial charge < -0.3 is 13.6 Å². The summed E-state index contributed by atoms with van der Waals surface area (Å²) in [5.74, 6) is -0.157. The first kappa shape index (κ1) is 38.0. The second-order valence-electron chi connectivity index (χ2n) is 14.0. The first-order chi connectivity index (χ1) is 18.0. The predicted octanol–water partition coefficient (Wildman–Crippen LogP) is 10.5. The van der Waals surface area contributed by atoms with Crippen molar-refractivity contribution in [2.45, 2.75) is 161 Å². The zero-order valence-corrected chi connectivity index (χ0v) is 29.8. The average Bonchev–Trinajstić information content (AvgIpc) is 2.80. The molecule has 6 heteroatoms. The average molecular weight is 581 g/mol. The number of hydrogen-bond donors (Lipinski definition) is 0. The summed E-state index contributed by atoms with van der Waals surface area (Å²) in [5.41, 5.74) is 0. The Hall–Kier alpha value is -0.956. The number of esters is 1. The van der Waals surface area contributed by atoms with E-state index in [0.29, 0.717) is 6.42 Å². The highest BCUT2D eigenvalue weighted by atomic mass is 28.4. The Balaban J connectivity index is 5.20. The van der Waals surface area contributed by atoms with E-state index in [1.54, 1.807) is 0 Å². The van der Waals surface area contributed by atoms with E-state index in [9.17, 15) is 4.79 Å². The van der Waals surface area contributed by atoms with Crippen LogP contribution in [0.15, 0.2) is 36.5 Å². The Morgan fingerprint density at radius 2 is 1.38 bits per heavy atom. The van der Waals surface area contributed by atoms with E-state index < -0.39 is 16.6 Å². The normalized spacial score (nSPS) is 15.5. The molecule has 0 saturated carbocycles. The molecule has 0 rings (SSSR count). The molecule has 0 fully saturated rings. The molecule has 0 aliphatic rings. The fourth-order valence-corrected chi connectivity index (χ4v) is 6.35. The van der Waals surface area contributed by atoms with Crippen LogP contribution in [0.2, 0.25) is 36.3 Å². The number of allylic oxidation sites excluding steroid dienone is 4. The van der Waals surface area contributed by atoms with Gasteiger partial charge in [0.25, 0.3) is 0 Å². The van der Waals surface area contributed by atoms with Crippen LogP contribution in [0.4, 0.5) is 0 Å². The van der Waals surface area contributed by atoms with Gasteiger partial charge >= 0.3 is 5.97 Å². The topological polar surface area (TPSA) is 44.8 Å². The summed E-state index contributed by atoms with van der Waals surface area (Å²) in [6.07, 6.45) is 23.7. The molecule has 0 aromatic heterocycles. The van der Waals surface area contributed by atoms with Crippen LogP contribution in [0.1, 0.15) is 113 Å². The van der Waals surface area contributed by atoms with Crippen molar-refractivity contribution in [3.05, 3.63) is 36.5 Å². The SMILES string of the molecule is CCCCC/C=C\C[C@H](CC/C=C/C=C\[C@H](CCCC(=O)OC)O[Si](C)(C)C(C)(C)C)O[Si](C)(C)C(C)(C)C. The number of hydrogen-bond acceptors (Lipinski definition) is 4. The van der Waals surface area contributed by atoms with Crippen LogP contribution in [0, 0.1) is 0 Å². The maximum absolute atomic E-state index is 11.6. The third-order valence-corrected chi connectivity index (χ3v) is 17.4. The van der Waals surface area contributed by atoms with Gasteiger partial charge in [-0.05, 0) is 81.2 Å². The van der Waals surface area contributed by atoms with Crippen molar-refractivity contribution < 1.29 is 18.4 Å². The van der Waals surface area contributed by atoms with Gasteiger partial charge in [-0.1, -0.05) is 97.8 Å². The minimum absolute atomic E-state index is 0.00714. The zero-order valence-electron chi connectivity index (χ0n) is 27.8. The van der Waals surface area contributed by atoms with Gasteiger partial charge in [-0.2, -0.15) is 0 Å². The first-order valence-electron chi connectivity index (χ1n) is 15.4. The van der Waals surface area contributed by atoms with Crippen LogP contribution in [-0.4, -0.2) is 41.9 Å². The quantitative estimate of drug-likeness (QED) is 0.0501. The van der Waals surface area contributed by atoms with E-state index in [1.165, 1.54) is 32.8 Å². The molecule has 2 atom stereocenters. The fourth-order valence-electron chi connectivity index (χ4n) is 3.64. The standard InChI is InChI=1S/C33H64O4Si2/c1-13-14-15-16-17-20-24-29(36-38(9,10)32(2,3)4)25-21-18-19-22-26-30(27-23-28-31(34)35-8)37-39(11,12)33(5,6)7/h17-20,22,26,29-30H,13-16,21,23-25,27-28H2,1-12H3/b19-18+,20-17-,26-22-/t29-,30-/m1/s1. The predicted molar refractivity (Wildman–Crippen MR) is 175 cm³/mol. The Bertz CT molecular complexity index is 755. The highest BCUT2D eigenvalue weighted by Crippen LogP contribution is 2.39. The number of carbonyl (C=O) groups is 1. The molecule has 4 nitrogen and oxygen atoms in total. The van der Waals surface area contributed by atoms with Crippen molar-refractivity contribution >= 4 is 22.6 Å². The van der Waals surface area contributed by atoms with E-state index in [2.05, 4.69) is 111 Å². The van der Waals surface area contributed by atoms with Crippen molar-refractivity contribution in [1.82, 2.24) is 0 Å².